The van der Waals surface area contributed by atoms with Crippen molar-refractivity contribution in [1.82, 2.24) is 5.32 Å². The first kappa shape index (κ1) is 12.5. The fraction of sp³-hybridized carbons (Fsp3) is 0.917. The summed E-state index contributed by atoms with van der Waals surface area (Å²) in [5, 5.41) is 3.51. The minimum atomic E-state index is -0.105. The van der Waals surface area contributed by atoms with Crippen molar-refractivity contribution in [2.45, 2.75) is 51.5 Å². The van der Waals surface area contributed by atoms with E-state index in [1.807, 2.05) is 0 Å². The average molecular weight is 213 g/mol. The van der Waals surface area contributed by atoms with Crippen LogP contribution < -0.4 is 5.32 Å². The molecule has 0 amide bonds. The molecule has 0 bridgehead atoms. The average Bonchev–Trinajstić information content (AvgIpc) is 3.05. The summed E-state index contributed by atoms with van der Waals surface area (Å²) in [6, 6.07) is 0.648. The number of carbonyl (C=O) groups excluding carboxylic acids is 1. The van der Waals surface area contributed by atoms with Gasteiger partial charge in [-0.15, -0.1) is 0 Å². The summed E-state index contributed by atoms with van der Waals surface area (Å²) < 4.78 is 4.59. The standard InChI is InChI=1S/C12H23NO2/c1-3-11(9-10-6-7-10)13-8-4-5-12(14)15-2/h10-11,13H,3-9H2,1-2H3. The zero-order valence-electron chi connectivity index (χ0n) is 9.92. The zero-order valence-corrected chi connectivity index (χ0v) is 9.92. The van der Waals surface area contributed by atoms with E-state index in [1.54, 1.807) is 0 Å². The van der Waals surface area contributed by atoms with E-state index in [4.69, 9.17) is 0 Å². The van der Waals surface area contributed by atoms with Crippen LogP contribution in [0.1, 0.15) is 45.4 Å². The van der Waals surface area contributed by atoms with Crippen molar-refractivity contribution in [2.75, 3.05) is 13.7 Å². The van der Waals surface area contributed by atoms with Crippen LogP contribution in [0.5, 0.6) is 0 Å². The SMILES string of the molecule is CCC(CC1CC1)NCCCC(=O)OC. The number of methoxy groups -OCH3 is 1. The summed E-state index contributed by atoms with van der Waals surface area (Å²) in [5.41, 5.74) is 0. The molecule has 1 N–H and O–H groups in total. The molecule has 0 aromatic heterocycles. The van der Waals surface area contributed by atoms with Gasteiger partial charge < -0.3 is 10.1 Å². The second-order valence-corrected chi connectivity index (χ2v) is 4.42. The van der Waals surface area contributed by atoms with E-state index in [9.17, 15) is 4.79 Å². The zero-order chi connectivity index (χ0) is 11.1. The minimum Gasteiger partial charge on any atom is -0.469 e. The molecule has 1 aliphatic carbocycles. The van der Waals surface area contributed by atoms with Crippen molar-refractivity contribution in [3.63, 3.8) is 0 Å². The summed E-state index contributed by atoms with van der Waals surface area (Å²) in [6.45, 7) is 3.15. The Balaban J connectivity index is 1.98. The number of hydrogen-bond donors (Lipinski definition) is 1. The molecular formula is C12H23NO2. The van der Waals surface area contributed by atoms with Crippen LogP contribution in [-0.4, -0.2) is 25.7 Å². The maximum atomic E-state index is 10.9. The molecule has 88 valence electrons. The molecule has 1 atom stereocenters. The second kappa shape index (κ2) is 6.83. The van der Waals surface area contributed by atoms with Gasteiger partial charge in [0.05, 0.1) is 7.11 Å². The van der Waals surface area contributed by atoms with E-state index in [2.05, 4.69) is 17.0 Å². The summed E-state index contributed by atoms with van der Waals surface area (Å²) in [7, 11) is 1.44. The molecule has 0 aromatic rings. The van der Waals surface area contributed by atoms with Crippen molar-refractivity contribution in [3.05, 3.63) is 0 Å². The highest BCUT2D eigenvalue weighted by atomic mass is 16.5. The number of hydrogen-bond acceptors (Lipinski definition) is 3. The predicted octanol–water partition coefficient (Wildman–Crippen LogP) is 2.11. The van der Waals surface area contributed by atoms with Gasteiger partial charge in [0.1, 0.15) is 0 Å². The van der Waals surface area contributed by atoms with E-state index in [1.165, 1.54) is 32.8 Å². The molecule has 3 nitrogen and oxygen atoms in total. The van der Waals surface area contributed by atoms with Crippen LogP contribution in [-0.2, 0) is 9.53 Å². The Morgan fingerprint density at radius 3 is 2.80 bits per heavy atom. The van der Waals surface area contributed by atoms with Gasteiger partial charge in [0, 0.05) is 12.5 Å². The summed E-state index contributed by atoms with van der Waals surface area (Å²) in [5.74, 6) is 0.870. The van der Waals surface area contributed by atoms with Crippen LogP contribution in [0.2, 0.25) is 0 Å². The molecule has 0 spiro atoms. The van der Waals surface area contributed by atoms with Gasteiger partial charge in [-0.1, -0.05) is 19.8 Å². The molecule has 15 heavy (non-hydrogen) atoms. The molecule has 1 unspecified atom stereocenters. The first-order valence-electron chi connectivity index (χ1n) is 6.06. The molecule has 0 heterocycles. The number of esters is 1. The van der Waals surface area contributed by atoms with E-state index < -0.39 is 0 Å². The van der Waals surface area contributed by atoms with Crippen LogP contribution >= 0.6 is 0 Å². The molecule has 0 radical (unpaired) electrons. The normalized spacial score (nSPS) is 17.5. The molecule has 1 fully saturated rings. The number of carbonyl (C=O) groups is 1. The van der Waals surface area contributed by atoms with Crippen molar-refractivity contribution in [3.8, 4) is 0 Å². The van der Waals surface area contributed by atoms with Crippen molar-refractivity contribution in [1.29, 1.82) is 0 Å². The molecule has 0 aromatic carbocycles. The van der Waals surface area contributed by atoms with E-state index in [0.717, 1.165) is 18.9 Å². The third-order valence-corrected chi connectivity index (χ3v) is 3.03. The quantitative estimate of drug-likeness (QED) is 0.496. The summed E-state index contributed by atoms with van der Waals surface area (Å²) >= 11 is 0. The van der Waals surface area contributed by atoms with E-state index in [0.29, 0.717) is 12.5 Å². The largest absolute Gasteiger partial charge is 0.469 e. The van der Waals surface area contributed by atoms with Crippen LogP contribution in [0.3, 0.4) is 0 Å². The minimum absolute atomic E-state index is 0.105. The Morgan fingerprint density at radius 2 is 2.27 bits per heavy atom. The van der Waals surface area contributed by atoms with Crippen LogP contribution in [0, 0.1) is 5.92 Å². The highest BCUT2D eigenvalue weighted by Crippen LogP contribution is 2.33. The van der Waals surface area contributed by atoms with Crippen molar-refractivity contribution in [2.24, 2.45) is 5.92 Å². The van der Waals surface area contributed by atoms with Gasteiger partial charge in [0.25, 0.3) is 0 Å². The van der Waals surface area contributed by atoms with Crippen molar-refractivity contribution < 1.29 is 9.53 Å². The third kappa shape index (κ3) is 5.78. The van der Waals surface area contributed by atoms with Gasteiger partial charge in [0.15, 0.2) is 0 Å². The Morgan fingerprint density at radius 1 is 1.53 bits per heavy atom. The molecule has 0 saturated heterocycles. The van der Waals surface area contributed by atoms with Crippen LogP contribution in [0.15, 0.2) is 0 Å². The van der Waals surface area contributed by atoms with Crippen LogP contribution in [0.4, 0.5) is 0 Å². The number of rotatable bonds is 8. The maximum Gasteiger partial charge on any atom is 0.305 e. The highest BCUT2D eigenvalue weighted by Gasteiger charge is 2.24. The lowest BCUT2D eigenvalue weighted by molar-refractivity contribution is -0.140. The van der Waals surface area contributed by atoms with Crippen molar-refractivity contribution >= 4 is 5.97 Å². The molecule has 1 saturated carbocycles. The van der Waals surface area contributed by atoms with Gasteiger partial charge in [-0.05, 0) is 31.7 Å². The number of nitrogens with one attached hydrogen (secondary N) is 1. The van der Waals surface area contributed by atoms with Gasteiger partial charge in [0.2, 0.25) is 0 Å². The van der Waals surface area contributed by atoms with E-state index >= 15 is 0 Å². The van der Waals surface area contributed by atoms with Crippen LogP contribution in [0.25, 0.3) is 0 Å². The fourth-order valence-electron chi connectivity index (χ4n) is 1.79. The lowest BCUT2D eigenvalue weighted by Gasteiger charge is -2.16. The first-order chi connectivity index (χ1) is 7.26. The second-order valence-electron chi connectivity index (χ2n) is 4.42. The Kier molecular flexibility index (Phi) is 5.69. The van der Waals surface area contributed by atoms with Gasteiger partial charge in [-0.25, -0.2) is 0 Å². The monoisotopic (exact) mass is 213 g/mol. The Labute approximate surface area is 92.6 Å². The van der Waals surface area contributed by atoms with E-state index in [-0.39, 0.29) is 5.97 Å². The third-order valence-electron chi connectivity index (χ3n) is 3.03. The van der Waals surface area contributed by atoms with Gasteiger partial charge in [-0.2, -0.15) is 0 Å². The highest BCUT2D eigenvalue weighted by molar-refractivity contribution is 5.69. The molecule has 3 heteroatoms. The molecule has 1 aliphatic rings. The summed E-state index contributed by atoms with van der Waals surface area (Å²) in [6.07, 6.45) is 6.75. The molecular weight excluding hydrogens is 190 g/mol. The summed E-state index contributed by atoms with van der Waals surface area (Å²) in [4.78, 5) is 10.9. The lowest BCUT2D eigenvalue weighted by Crippen LogP contribution is -2.30. The smallest absolute Gasteiger partial charge is 0.305 e. The molecule has 0 aliphatic heterocycles. The molecule has 1 rings (SSSR count). The van der Waals surface area contributed by atoms with Gasteiger partial charge >= 0.3 is 5.97 Å². The fourth-order valence-corrected chi connectivity index (χ4v) is 1.79. The maximum absolute atomic E-state index is 10.9. The number of ether oxygens (including phenoxy) is 1. The Hall–Kier alpha value is -0.570. The van der Waals surface area contributed by atoms with Gasteiger partial charge in [-0.3, -0.25) is 4.79 Å². The lowest BCUT2D eigenvalue weighted by atomic mass is 10.1. The first-order valence-corrected chi connectivity index (χ1v) is 6.06. The topological polar surface area (TPSA) is 38.3 Å². The predicted molar refractivity (Wildman–Crippen MR) is 60.7 cm³/mol. The Bertz CT molecular complexity index is 190.